The molecule has 0 fully saturated rings. The molecule has 0 saturated carbocycles. The third kappa shape index (κ3) is 7.46. The Balaban J connectivity index is 2.02. The van der Waals surface area contributed by atoms with Crippen molar-refractivity contribution in [3.8, 4) is 5.75 Å². The fourth-order valence-electron chi connectivity index (χ4n) is 2.66. The minimum Gasteiger partial charge on any atom is -0.493 e. The first-order valence-electron chi connectivity index (χ1n) is 9.61. The molecule has 1 atom stereocenters. The summed E-state index contributed by atoms with van der Waals surface area (Å²) in [5.74, 6) is 0.220. The van der Waals surface area contributed by atoms with E-state index in [1.54, 1.807) is 24.3 Å². The van der Waals surface area contributed by atoms with E-state index in [-0.39, 0.29) is 17.7 Å². The lowest BCUT2D eigenvalue weighted by Crippen LogP contribution is -2.46. The molecule has 0 saturated heterocycles. The molecular weight excluding hydrogens is 470 g/mol. The molecule has 0 spiro atoms. The molecule has 0 aromatic heterocycles. The number of nitrogens with one attached hydrogen (secondary N) is 2. The molecule has 8 heteroatoms. The van der Waals surface area contributed by atoms with Crippen LogP contribution in [-0.2, 0) is 4.79 Å². The standard InChI is InChI=1S/C22H25BrClN3O3/c1-4-30-20-10-5-15(12-18(20)23)13-25-27-22(29)19(11-14(2)3)26-21(28)16-6-8-17(24)9-7-16/h5-10,12-14,19H,4,11H2,1-3H3,(H,26,28)(H,27,29). The monoisotopic (exact) mass is 493 g/mol. The predicted octanol–water partition coefficient (Wildman–Crippen LogP) is 4.80. The Morgan fingerprint density at radius 3 is 2.50 bits per heavy atom. The van der Waals surface area contributed by atoms with E-state index in [0.717, 1.165) is 15.8 Å². The molecule has 160 valence electrons. The molecule has 0 radical (unpaired) electrons. The van der Waals surface area contributed by atoms with E-state index in [1.165, 1.54) is 6.21 Å². The van der Waals surface area contributed by atoms with E-state index in [4.69, 9.17) is 16.3 Å². The third-order valence-electron chi connectivity index (χ3n) is 4.08. The van der Waals surface area contributed by atoms with Crippen LogP contribution in [0, 0.1) is 5.92 Å². The molecule has 2 N–H and O–H groups in total. The van der Waals surface area contributed by atoms with Crippen molar-refractivity contribution in [2.24, 2.45) is 11.0 Å². The number of carbonyl (C=O) groups excluding carboxylic acids is 2. The summed E-state index contributed by atoms with van der Waals surface area (Å²) in [5, 5.41) is 7.33. The molecule has 0 bridgehead atoms. The highest BCUT2D eigenvalue weighted by atomic mass is 79.9. The van der Waals surface area contributed by atoms with Crippen molar-refractivity contribution in [2.75, 3.05) is 6.61 Å². The van der Waals surface area contributed by atoms with Gasteiger partial charge < -0.3 is 10.1 Å². The fraction of sp³-hybridized carbons (Fsp3) is 0.318. The van der Waals surface area contributed by atoms with Crippen molar-refractivity contribution in [1.82, 2.24) is 10.7 Å². The maximum Gasteiger partial charge on any atom is 0.262 e. The number of hydrogen-bond acceptors (Lipinski definition) is 4. The van der Waals surface area contributed by atoms with Crippen LogP contribution in [-0.4, -0.2) is 30.7 Å². The quantitative estimate of drug-likeness (QED) is 0.388. The number of benzene rings is 2. The zero-order valence-corrected chi connectivity index (χ0v) is 19.5. The Bertz CT molecular complexity index is 901. The average Bonchev–Trinajstić information content (AvgIpc) is 2.69. The first kappa shape index (κ1) is 23.9. The third-order valence-corrected chi connectivity index (χ3v) is 4.95. The highest BCUT2D eigenvalue weighted by Gasteiger charge is 2.22. The van der Waals surface area contributed by atoms with Gasteiger partial charge in [-0.15, -0.1) is 0 Å². The van der Waals surface area contributed by atoms with E-state index in [2.05, 4.69) is 31.8 Å². The topological polar surface area (TPSA) is 79.8 Å². The Morgan fingerprint density at radius 1 is 1.20 bits per heavy atom. The Hall–Kier alpha value is -2.38. The van der Waals surface area contributed by atoms with Gasteiger partial charge in [0, 0.05) is 10.6 Å². The molecule has 2 amide bonds. The van der Waals surface area contributed by atoms with Gasteiger partial charge in [0.1, 0.15) is 11.8 Å². The van der Waals surface area contributed by atoms with Crippen LogP contribution in [0.3, 0.4) is 0 Å². The van der Waals surface area contributed by atoms with Gasteiger partial charge in [-0.1, -0.05) is 25.4 Å². The zero-order valence-electron chi connectivity index (χ0n) is 17.1. The van der Waals surface area contributed by atoms with Gasteiger partial charge in [-0.05, 0) is 83.2 Å². The number of nitrogens with zero attached hydrogens (tertiary/aromatic N) is 1. The molecule has 2 aromatic rings. The summed E-state index contributed by atoms with van der Waals surface area (Å²) >= 11 is 9.30. The number of amides is 2. The maximum atomic E-state index is 12.6. The fourth-order valence-corrected chi connectivity index (χ4v) is 3.30. The van der Waals surface area contributed by atoms with Crippen LogP contribution in [0.4, 0.5) is 0 Å². The first-order valence-corrected chi connectivity index (χ1v) is 10.8. The van der Waals surface area contributed by atoms with Gasteiger partial charge in [0.15, 0.2) is 0 Å². The summed E-state index contributed by atoms with van der Waals surface area (Å²) in [6, 6.07) is 11.3. The summed E-state index contributed by atoms with van der Waals surface area (Å²) in [6.45, 7) is 6.45. The normalized spacial score (nSPS) is 12.1. The zero-order chi connectivity index (χ0) is 22.1. The van der Waals surface area contributed by atoms with E-state index in [0.29, 0.717) is 23.6 Å². The van der Waals surface area contributed by atoms with E-state index >= 15 is 0 Å². The SMILES string of the molecule is CCOc1ccc(C=NNC(=O)C(CC(C)C)NC(=O)c2ccc(Cl)cc2)cc1Br. The molecule has 2 rings (SSSR count). The van der Waals surface area contributed by atoms with Crippen molar-refractivity contribution in [2.45, 2.75) is 33.2 Å². The Morgan fingerprint density at radius 2 is 1.90 bits per heavy atom. The van der Waals surface area contributed by atoms with E-state index in [9.17, 15) is 9.59 Å². The molecule has 0 aliphatic heterocycles. The van der Waals surface area contributed by atoms with Crippen molar-refractivity contribution in [1.29, 1.82) is 0 Å². The molecular formula is C22H25BrClN3O3. The molecule has 2 aromatic carbocycles. The Kier molecular flexibility index (Phi) is 9.33. The number of carbonyl (C=O) groups is 2. The summed E-state index contributed by atoms with van der Waals surface area (Å²) < 4.78 is 6.27. The van der Waals surface area contributed by atoms with Gasteiger partial charge in [-0.25, -0.2) is 5.43 Å². The maximum absolute atomic E-state index is 12.6. The first-order chi connectivity index (χ1) is 14.3. The predicted molar refractivity (Wildman–Crippen MR) is 123 cm³/mol. The number of hydrazone groups is 1. The van der Waals surface area contributed by atoms with Crippen LogP contribution < -0.4 is 15.5 Å². The molecule has 1 unspecified atom stereocenters. The van der Waals surface area contributed by atoms with Crippen LogP contribution in [0.5, 0.6) is 5.75 Å². The molecule has 0 aliphatic rings. The van der Waals surface area contributed by atoms with Crippen LogP contribution in [0.2, 0.25) is 5.02 Å². The van der Waals surface area contributed by atoms with Gasteiger partial charge in [-0.2, -0.15) is 5.10 Å². The van der Waals surface area contributed by atoms with Crippen LogP contribution >= 0.6 is 27.5 Å². The van der Waals surface area contributed by atoms with Gasteiger partial charge >= 0.3 is 0 Å². The largest absolute Gasteiger partial charge is 0.493 e. The molecule has 0 aliphatic carbocycles. The molecule has 0 heterocycles. The smallest absolute Gasteiger partial charge is 0.262 e. The average molecular weight is 495 g/mol. The molecule has 30 heavy (non-hydrogen) atoms. The second-order valence-corrected chi connectivity index (χ2v) is 8.31. The lowest BCUT2D eigenvalue weighted by molar-refractivity contribution is -0.123. The van der Waals surface area contributed by atoms with Crippen molar-refractivity contribution < 1.29 is 14.3 Å². The summed E-state index contributed by atoms with van der Waals surface area (Å²) in [4.78, 5) is 25.1. The summed E-state index contributed by atoms with van der Waals surface area (Å²) in [5.41, 5.74) is 3.73. The number of rotatable bonds is 9. The minimum atomic E-state index is -0.711. The van der Waals surface area contributed by atoms with Gasteiger partial charge in [0.25, 0.3) is 11.8 Å². The molecule has 6 nitrogen and oxygen atoms in total. The van der Waals surface area contributed by atoms with Crippen molar-refractivity contribution in [3.63, 3.8) is 0 Å². The summed E-state index contributed by atoms with van der Waals surface area (Å²) in [7, 11) is 0. The lowest BCUT2D eigenvalue weighted by Gasteiger charge is -2.19. The summed E-state index contributed by atoms with van der Waals surface area (Å²) in [6.07, 6.45) is 2.02. The van der Waals surface area contributed by atoms with Crippen LogP contribution in [0.15, 0.2) is 52.0 Å². The highest BCUT2D eigenvalue weighted by Crippen LogP contribution is 2.25. The number of hydrogen-bond donors (Lipinski definition) is 2. The Labute approximate surface area is 190 Å². The van der Waals surface area contributed by atoms with E-state index < -0.39 is 6.04 Å². The van der Waals surface area contributed by atoms with Crippen LogP contribution in [0.25, 0.3) is 0 Å². The highest BCUT2D eigenvalue weighted by molar-refractivity contribution is 9.10. The van der Waals surface area contributed by atoms with Gasteiger partial charge in [0.2, 0.25) is 0 Å². The second-order valence-electron chi connectivity index (χ2n) is 7.02. The number of halogens is 2. The van der Waals surface area contributed by atoms with Crippen molar-refractivity contribution in [3.05, 3.63) is 63.1 Å². The van der Waals surface area contributed by atoms with Crippen molar-refractivity contribution >= 4 is 45.6 Å². The number of ether oxygens (including phenoxy) is 1. The van der Waals surface area contributed by atoms with Gasteiger partial charge in [0.05, 0.1) is 17.3 Å². The second kappa shape index (κ2) is 11.7. The van der Waals surface area contributed by atoms with E-state index in [1.807, 2.05) is 39.0 Å². The van der Waals surface area contributed by atoms with Gasteiger partial charge in [-0.3, -0.25) is 9.59 Å². The minimum absolute atomic E-state index is 0.206. The van der Waals surface area contributed by atoms with Crippen LogP contribution in [0.1, 0.15) is 43.1 Å². The lowest BCUT2D eigenvalue weighted by atomic mass is 10.0.